The van der Waals surface area contributed by atoms with Gasteiger partial charge in [0.05, 0.1) is 5.60 Å². The number of amides is 1. The first-order valence-corrected chi connectivity index (χ1v) is 6.73. The second-order valence-electron chi connectivity index (χ2n) is 5.33. The average Bonchev–Trinajstić information content (AvgIpc) is 2.45. The number of hydrogen-bond acceptors (Lipinski definition) is 3. The molecule has 0 unspecified atom stereocenters. The third kappa shape index (κ3) is 3.60. The molecule has 0 aromatic heterocycles. The Bertz CT molecular complexity index is 527. The van der Waals surface area contributed by atoms with Crippen LogP contribution < -0.4 is 0 Å². The Balaban J connectivity index is 2.03. The van der Waals surface area contributed by atoms with E-state index in [1.54, 1.807) is 29.2 Å². The van der Waals surface area contributed by atoms with Gasteiger partial charge >= 0.3 is 0 Å². The monoisotopic (exact) mass is 273 g/mol. The van der Waals surface area contributed by atoms with Crippen LogP contribution in [0.4, 0.5) is 0 Å². The number of nitrogens with zero attached hydrogens (tertiary/aromatic N) is 1. The van der Waals surface area contributed by atoms with Crippen molar-refractivity contribution in [2.45, 2.75) is 25.4 Å². The van der Waals surface area contributed by atoms with Gasteiger partial charge in [-0.15, -0.1) is 0 Å². The van der Waals surface area contributed by atoms with Gasteiger partial charge in [0.2, 0.25) is 0 Å². The summed E-state index contributed by atoms with van der Waals surface area (Å²) in [5.74, 6) is 5.35. The molecule has 0 aliphatic carbocycles. The van der Waals surface area contributed by atoms with Crippen molar-refractivity contribution < 1.29 is 15.0 Å². The van der Waals surface area contributed by atoms with E-state index in [0.29, 0.717) is 31.5 Å². The number of benzene rings is 1. The quantitative estimate of drug-likeness (QED) is 0.751. The molecule has 4 nitrogen and oxygen atoms in total. The Labute approximate surface area is 119 Å². The van der Waals surface area contributed by atoms with Crippen LogP contribution in [0.3, 0.4) is 0 Å². The lowest BCUT2D eigenvalue weighted by atomic mass is 9.93. The molecule has 1 aromatic carbocycles. The summed E-state index contributed by atoms with van der Waals surface area (Å²) >= 11 is 0. The number of aliphatic hydroxyl groups excluding tert-OH is 1. The van der Waals surface area contributed by atoms with Crippen molar-refractivity contribution >= 4 is 5.91 Å². The van der Waals surface area contributed by atoms with Crippen molar-refractivity contribution in [1.29, 1.82) is 0 Å². The molecule has 2 rings (SSSR count). The van der Waals surface area contributed by atoms with E-state index in [9.17, 15) is 9.90 Å². The molecular formula is C16H19NO3. The third-order valence-electron chi connectivity index (χ3n) is 3.57. The van der Waals surface area contributed by atoms with Gasteiger partial charge in [0.15, 0.2) is 0 Å². The van der Waals surface area contributed by atoms with Crippen molar-refractivity contribution in [2.75, 3.05) is 19.7 Å². The van der Waals surface area contributed by atoms with E-state index < -0.39 is 5.60 Å². The Morgan fingerprint density at radius 2 is 1.90 bits per heavy atom. The Hall–Kier alpha value is -1.83. The van der Waals surface area contributed by atoms with E-state index in [-0.39, 0.29) is 12.5 Å². The summed E-state index contributed by atoms with van der Waals surface area (Å²) in [5, 5.41) is 18.5. The van der Waals surface area contributed by atoms with E-state index in [2.05, 4.69) is 11.8 Å². The van der Waals surface area contributed by atoms with Gasteiger partial charge in [0.25, 0.3) is 5.91 Å². The molecule has 0 bridgehead atoms. The summed E-state index contributed by atoms with van der Waals surface area (Å²) < 4.78 is 0. The molecule has 1 aliphatic heterocycles. The first kappa shape index (κ1) is 14.6. The largest absolute Gasteiger partial charge is 0.390 e. The Morgan fingerprint density at radius 3 is 2.45 bits per heavy atom. The van der Waals surface area contributed by atoms with Crippen LogP contribution in [0, 0.1) is 11.8 Å². The third-order valence-corrected chi connectivity index (χ3v) is 3.57. The SMILES string of the molecule is CC1(O)CCN(C(=O)c2ccc(C#CCO)cc2)CC1. The molecule has 0 spiro atoms. The highest BCUT2D eigenvalue weighted by Crippen LogP contribution is 2.22. The smallest absolute Gasteiger partial charge is 0.253 e. The minimum Gasteiger partial charge on any atom is -0.390 e. The lowest BCUT2D eigenvalue weighted by molar-refractivity contribution is -0.00202. The maximum atomic E-state index is 12.3. The van der Waals surface area contributed by atoms with Crippen LogP contribution in [0.25, 0.3) is 0 Å². The summed E-state index contributed by atoms with van der Waals surface area (Å²) in [7, 11) is 0. The van der Waals surface area contributed by atoms with Gasteiger partial charge in [-0.3, -0.25) is 4.79 Å². The topological polar surface area (TPSA) is 60.8 Å². The first-order valence-electron chi connectivity index (χ1n) is 6.73. The van der Waals surface area contributed by atoms with Crippen LogP contribution in [-0.4, -0.2) is 46.3 Å². The second kappa shape index (κ2) is 6.08. The molecule has 1 saturated heterocycles. The van der Waals surface area contributed by atoms with Crippen LogP contribution in [0.1, 0.15) is 35.7 Å². The minimum absolute atomic E-state index is 0.0119. The molecular weight excluding hydrogens is 254 g/mol. The number of rotatable bonds is 1. The molecule has 4 heteroatoms. The van der Waals surface area contributed by atoms with Gasteiger partial charge < -0.3 is 15.1 Å². The van der Waals surface area contributed by atoms with E-state index in [1.165, 1.54) is 0 Å². The summed E-state index contributed by atoms with van der Waals surface area (Å²) in [4.78, 5) is 14.1. The van der Waals surface area contributed by atoms with Gasteiger partial charge in [-0.05, 0) is 44.0 Å². The molecule has 1 fully saturated rings. The fraction of sp³-hybridized carbons (Fsp3) is 0.438. The minimum atomic E-state index is -0.652. The number of likely N-dealkylation sites (tertiary alicyclic amines) is 1. The zero-order chi connectivity index (χ0) is 14.6. The molecule has 0 saturated carbocycles. The standard InChI is InChI=1S/C16H19NO3/c1-16(20)8-10-17(11-9-16)15(19)14-6-4-13(5-7-14)3-2-12-18/h4-7,18,20H,8-12H2,1H3. The molecule has 20 heavy (non-hydrogen) atoms. The van der Waals surface area contributed by atoms with E-state index in [0.717, 1.165) is 5.56 Å². The lowest BCUT2D eigenvalue weighted by Gasteiger charge is -2.35. The van der Waals surface area contributed by atoms with E-state index >= 15 is 0 Å². The summed E-state index contributed by atoms with van der Waals surface area (Å²) in [6, 6.07) is 7.04. The zero-order valence-electron chi connectivity index (χ0n) is 11.6. The molecule has 106 valence electrons. The van der Waals surface area contributed by atoms with Crippen molar-refractivity contribution in [2.24, 2.45) is 0 Å². The summed E-state index contributed by atoms with van der Waals surface area (Å²) in [6.45, 7) is 2.80. The van der Waals surface area contributed by atoms with Crippen LogP contribution in [-0.2, 0) is 0 Å². The number of carbonyl (C=O) groups is 1. The van der Waals surface area contributed by atoms with Gasteiger partial charge in [0.1, 0.15) is 6.61 Å². The number of carbonyl (C=O) groups excluding carboxylic acids is 1. The summed E-state index contributed by atoms with van der Waals surface area (Å²) in [5.41, 5.74) is 0.749. The Morgan fingerprint density at radius 1 is 1.30 bits per heavy atom. The Kier molecular flexibility index (Phi) is 4.43. The maximum Gasteiger partial charge on any atom is 0.253 e. The van der Waals surface area contributed by atoms with Crippen LogP contribution in [0.2, 0.25) is 0 Å². The van der Waals surface area contributed by atoms with Crippen LogP contribution >= 0.6 is 0 Å². The number of hydrogen-bond donors (Lipinski definition) is 2. The van der Waals surface area contributed by atoms with Crippen LogP contribution in [0.15, 0.2) is 24.3 Å². The molecule has 1 aliphatic rings. The fourth-order valence-corrected chi connectivity index (χ4v) is 2.21. The normalized spacial score (nSPS) is 17.2. The molecule has 0 atom stereocenters. The molecule has 1 heterocycles. The van der Waals surface area contributed by atoms with E-state index in [4.69, 9.17) is 5.11 Å². The fourth-order valence-electron chi connectivity index (χ4n) is 2.21. The molecule has 1 amide bonds. The average molecular weight is 273 g/mol. The highest BCUT2D eigenvalue weighted by Gasteiger charge is 2.29. The predicted octanol–water partition coefficient (Wildman–Crippen LogP) is 1.02. The molecule has 1 aromatic rings. The maximum absolute atomic E-state index is 12.3. The van der Waals surface area contributed by atoms with Crippen LogP contribution in [0.5, 0.6) is 0 Å². The van der Waals surface area contributed by atoms with Crippen molar-refractivity contribution in [3.05, 3.63) is 35.4 Å². The van der Waals surface area contributed by atoms with Crippen molar-refractivity contribution in [3.63, 3.8) is 0 Å². The number of aliphatic hydroxyl groups is 2. The summed E-state index contributed by atoms with van der Waals surface area (Å²) in [6.07, 6.45) is 1.22. The highest BCUT2D eigenvalue weighted by atomic mass is 16.3. The first-order chi connectivity index (χ1) is 9.52. The highest BCUT2D eigenvalue weighted by molar-refractivity contribution is 5.94. The van der Waals surface area contributed by atoms with E-state index in [1.807, 2.05) is 6.92 Å². The van der Waals surface area contributed by atoms with Crippen molar-refractivity contribution in [3.8, 4) is 11.8 Å². The van der Waals surface area contributed by atoms with Gasteiger partial charge in [-0.2, -0.15) is 0 Å². The van der Waals surface area contributed by atoms with Crippen molar-refractivity contribution in [1.82, 2.24) is 4.90 Å². The molecule has 0 radical (unpaired) electrons. The second-order valence-corrected chi connectivity index (χ2v) is 5.33. The zero-order valence-corrected chi connectivity index (χ0v) is 11.6. The van der Waals surface area contributed by atoms with Gasteiger partial charge in [-0.1, -0.05) is 11.8 Å². The molecule has 2 N–H and O–H groups in total. The number of piperidine rings is 1. The van der Waals surface area contributed by atoms with Gasteiger partial charge in [0, 0.05) is 24.2 Å². The predicted molar refractivity (Wildman–Crippen MR) is 76.2 cm³/mol. The lowest BCUT2D eigenvalue weighted by Crippen LogP contribution is -2.45. The van der Waals surface area contributed by atoms with Gasteiger partial charge in [-0.25, -0.2) is 0 Å².